The lowest BCUT2D eigenvalue weighted by atomic mass is 9.87. The number of halogens is 4. The predicted molar refractivity (Wildman–Crippen MR) is 157 cm³/mol. The monoisotopic (exact) mass is 565 g/mol. The number of hydrogen-bond donors (Lipinski definition) is 0. The van der Waals surface area contributed by atoms with Gasteiger partial charge in [-0.1, -0.05) is 96.6 Å². The fraction of sp³-hybridized carbons (Fsp3) is 0.324. The van der Waals surface area contributed by atoms with Crippen LogP contribution in [-0.2, 0) is 30.4 Å². The summed E-state index contributed by atoms with van der Waals surface area (Å²) in [6, 6.07) is 22.5. The summed E-state index contributed by atoms with van der Waals surface area (Å²) in [5.74, 6) is 0.0994. The third kappa shape index (κ3) is 8.42. The van der Waals surface area contributed by atoms with E-state index in [-0.39, 0.29) is 10.9 Å². The fourth-order valence-electron chi connectivity index (χ4n) is 5.31. The molecule has 4 rings (SSSR count). The normalized spacial score (nSPS) is 14.3. The molecule has 1 aliphatic rings. The van der Waals surface area contributed by atoms with Crippen LogP contribution in [0.3, 0.4) is 0 Å². The second-order valence-corrected chi connectivity index (χ2v) is 10.7. The minimum Gasteiger partial charge on any atom is -0.303 e. The Morgan fingerprint density at radius 1 is 0.925 bits per heavy atom. The van der Waals surface area contributed by atoms with Crippen LogP contribution in [0, 0.1) is 0 Å². The molecule has 0 amide bonds. The van der Waals surface area contributed by atoms with Crippen molar-refractivity contribution in [3.05, 3.63) is 129 Å². The smallest absolute Gasteiger partial charge is 0.303 e. The molecular formula is C34H35ClF3NO. The zero-order valence-corrected chi connectivity index (χ0v) is 23.3. The summed E-state index contributed by atoms with van der Waals surface area (Å²) in [5, 5.41) is -0.222. The lowest BCUT2D eigenvalue weighted by Crippen LogP contribution is -2.30. The lowest BCUT2D eigenvalue weighted by molar-refractivity contribution is -0.137. The minimum absolute atomic E-state index is 0.0994. The van der Waals surface area contributed by atoms with Gasteiger partial charge in [-0.05, 0) is 72.5 Å². The van der Waals surface area contributed by atoms with Gasteiger partial charge in [0.1, 0.15) is 6.29 Å². The van der Waals surface area contributed by atoms with Crippen LogP contribution >= 0.6 is 11.6 Å². The first-order chi connectivity index (χ1) is 19.3. The number of hydrogen-bond acceptors (Lipinski definition) is 2. The molecule has 3 aromatic carbocycles. The molecule has 40 heavy (non-hydrogen) atoms. The summed E-state index contributed by atoms with van der Waals surface area (Å²) in [5.41, 5.74) is 4.31. The van der Waals surface area contributed by atoms with Crippen LogP contribution in [0.2, 0.25) is 5.02 Å². The molecular weight excluding hydrogens is 531 g/mol. The van der Waals surface area contributed by atoms with Crippen LogP contribution < -0.4 is 0 Å². The molecule has 0 spiro atoms. The van der Waals surface area contributed by atoms with Crippen molar-refractivity contribution in [2.45, 2.75) is 57.2 Å². The number of benzene rings is 3. The van der Waals surface area contributed by atoms with E-state index < -0.39 is 11.7 Å². The van der Waals surface area contributed by atoms with Crippen molar-refractivity contribution in [1.82, 2.24) is 4.90 Å². The van der Waals surface area contributed by atoms with Crippen molar-refractivity contribution < 1.29 is 18.0 Å². The zero-order chi connectivity index (χ0) is 28.4. The molecule has 3 aromatic rings. The quantitative estimate of drug-likeness (QED) is 0.152. The average molecular weight is 566 g/mol. The molecule has 0 saturated carbocycles. The van der Waals surface area contributed by atoms with Crippen molar-refractivity contribution in [2.24, 2.45) is 0 Å². The Labute approximate surface area is 240 Å². The Balaban J connectivity index is 1.54. The molecule has 0 saturated heterocycles. The summed E-state index contributed by atoms with van der Waals surface area (Å²) in [6.07, 6.45) is 8.16. The summed E-state index contributed by atoms with van der Waals surface area (Å²) < 4.78 is 40.8. The van der Waals surface area contributed by atoms with Gasteiger partial charge in [0.05, 0.1) is 10.6 Å². The molecule has 210 valence electrons. The van der Waals surface area contributed by atoms with Gasteiger partial charge in [-0.2, -0.15) is 13.2 Å². The van der Waals surface area contributed by atoms with Gasteiger partial charge in [0, 0.05) is 25.4 Å². The number of aryl methyl sites for hydroxylation is 1. The number of aldehydes is 1. The van der Waals surface area contributed by atoms with Crippen LogP contribution in [0.1, 0.15) is 59.4 Å². The Hall–Kier alpha value is -3.15. The Bertz CT molecular complexity index is 1320. The van der Waals surface area contributed by atoms with Gasteiger partial charge >= 0.3 is 6.18 Å². The number of carbonyl (C=O) groups is 1. The van der Waals surface area contributed by atoms with Gasteiger partial charge < -0.3 is 4.79 Å². The molecule has 1 atom stereocenters. The highest BCUT2D eigenvalue weighted by atomic mass is 35.5. The maximum atomic E-state index is 13.6. The van der Waals surface area contributed by atoms with E-state index in [9.17, 15) is 18.0 Å². The van der Waals surface area contributed by atoms with E-state index in [1.54, 1.807) is 6.07 Å². The van der Waals surface area contributed by atoms with E-state index in [0.717, 1.165) is 56.6 Å². The van der Waals surface area contributed by atoms with E-state index in [1.807, 2.05) is 30.3 Å². The molecule has 0 heterocycles. The number of allylic oxidation sites excluding steroid dienone is 3. The molecule has 0 bridgehead atoms. The summed E-state index contributed by atoms with van der Waals surface area (Å²) in [7, 11) is 0. The van der Waals surface area contributed by atoms with Crippen LogP contribution in [-0.4, -0.2) is 24.3 Å². The highest BCUT2D eigenvalue weighted by Gasteiger charge is 2.34. The Kier molecular flexibility index (Phi) is 10.8. The van der Waals surface area contributed by atoms with Crippen molar-refractivity contribution in [3.8, 4) is 0 Å². The van der Waals surface area contributed by atoms with Crippen LogP contribution in [0.25, 0.3) is 0 Å². The molecule has 6 heteroatoms. The average Bonchev–Trinajstić information content (AvgIpc) is 2.95. The second kappa shape index (κ2) is 14.5. The summed E-state index contributed by atoms with van der Waals surface area (Å²) in [6.45, 7) is 1.72. The predicted octanol–water partition coefficient (Wildman–Crippen LogP) is 8.99. The van der Waals surface area contributed by atoms with Crippen molar-refractivity contribution >= 4 is 17.9 Å². The topological polar surface area (TPSA) is 20.3 Å². The van der Waals surface area contributed by atoms with E-state index in [2.05, 4.69) is 47.4 Å². The standard InChI is InChI=1S/C34H35ClF3NO/c35-33-30(18-10-19-32(33)34(36,37)38)24-39(21-8-7-11-26-12-9-13-27(23-26)20-22-40)25-31(28-14-3-1-4-15-28)29-16-5-2-6-17-29/h1,3-5,9-10,12-19,22-23,31H,2,6-8,11,20-21,24-25H2. The van der Waals surface area contributed by atoms with Crippen LogP contribution in [0.4, 0.5) is 13.2 Å². The van der Waals surface area contributed by atoms with Gasteiger partial charge in [0.2, 0.25) is 0 Å². The third-order valence-corrected chi connectivity index (χ3v) is 7.79. The van der Waals surface area contributed by atoms with Crippen molar-refractivity contribution in [2.75, 3.05) is 13.1 Å². The summed E-state index contributed by atoms with van der Waals surface area (Å²) >= 11 is 6.33. The molecule has 0 aliphatic heterocycles. The maximum absolute atomic E-state index is 13.6. The minimum atomic E-state index is -4.50. The molecule has 0 aromatic heterocycles. The highest BCUT2D eigenvalue weighted by Crippen LogP contribution is 2.37. The second-order valence-electron chi connectivity index (χ2n) is 10.3. The SMILES string of the molecule is O=CCc1cccc(CCCCN(Cc2cccc(C(F)(F)F)c2Cl)CC(C2=CCCC=C2)c2ccccc2)c1. The summed E-state index contributed by atoms with van der Waals surface area (Å²) in [4.78, 5) is 13.1. The number of carbonyl (C=O) groups excluding carboxylic acids is 1. The van der Waals surface area contributed by atoms with E-state index >= 15 is 0 Å². The third-order valence-electron chi connectivity index (χ3n) is 7.35. The number of unbranched alkanes of at least 4 members (excludes halogenated alkanes) is 1. The maximum Gasteiger partial charge on any atom is 0.417 e. The molecule has 1 aliphatic carbocycles. The highest BCUT2D eigenvalue weighted by molar-refractivity contribution is 6.32. The molecule has 1 unspecified atom stereocenters. The van der Waals surface area contributed by atoms with E-state index in [0.29, 0.717) is 25.1 Å². The number of rotatable bonds is 13. The Morgan fingerprint density at radius 2 is 1.70 bits per heavy atom. The van der Waals surface area contributed by atoms with Gasteiger partial charge in [0.25, 0.3) is 0 Å². The van der Waals surface area contributed by atoms with E-state index in [1.165, 1.54) is 22.8 Å². The van der Waals surface area contributed by atoms with Gasteiger partial charge in [-0.15, -0.1) is 0 Å². The number of nitrogens with zero attached hydrogens (tertiary/aromatic N) is 1. The molecule has 0 fully saturated rings. The first kappa shape index (κ1) is 29.8. The fourth-order valence-corrected chi connectivity index (χ4v) is 5.60. The molecule has 2 nitrogen and oxygen atoms in total. The first-order valence-electron chi connectivity index (χ1n) is 13.8. The first-order valence-corrected chi connectivity index (χ1v) is 14.2. The van der Waals surface area contributed by atoms with E-state index in [4.69, 9.17) is 11.6 Å². The Morgan fingerprint density at radius 3 is 2.42 bits per heavy atom. The van der Waals surface area contributed by atoms with Crippen molar-refractivity contribution in [3.63, 3.8) is 0 Å². The van der Waals surface area contributed by atoms with Gasteiger partial charge in [0.15, 0.2) is 0 Å². The van der Waals surface area contributed by atoms with Crippen LogP contribution in [0.15, 0.2) is 96.6 Å². The van der Waals surface area contributed by atoms with Gasteiger partial charge in [-0.3, -0.25) is 4.90 Å². The van der Waals surface area contributed by atoms with Gasteiger partial charge in [-0.25, -0.2) is 0 Å². The largest absolute Gasteiger partial charge is 0.417 e. The number of alkyl halides is 3. The molecule has 0 N–H and O–H groups in total. The van der Waals surface area contributed by atoms with Crippen LogP contribution in [0.5, 0.6) is 0 Å². The molecule has 0 radical (unpaired) electrons. The zero-order valence-electron chi connectivity index (χ0n) is 22.5. The lowest BCUT2D eigenvalue weighted by Gasteiger charge is -2.30. The van der Waals surface area contributed by atoms with Crippen molar-refractivity contribution in [1.29, 1.82) is 0 Å².